The lowest BCUT2D eigenvalue weighted by Crippen LogP contribution is -2.24. The second-order valence-electron chi connectivity index (χ2n) is 5.59. The molecule has 1 aliphatic rings. The normalized spacial score (nSPS) is 17.2. The van der Waals surface area contributed by atoms with E-state index in [-0.39, 0.29) is 11.8 Å². The molecule has 0 saturated carbocycles. The van der Waals surface area contributed by atoms with Crippen LogP contribution >= 0.6 is 0 Å². The van der Waals surface area contributed by atoms with Gasteiger partial charge in [0.2, 0.25) is 5.91 Å². The van der Waals surface area contributed by atoms with E-state index in [0.717, 1.165) is 36.5 Å². The minimum absolute atomic E-state index is 0.0325. The second kappa shape index (κ2) is 6.62. The molecular weight excluding hydrogens is 276 g/mol. The molecule has 0 bridgehead atoms. The molecule has 22 heavy (non-hydrogen) atoms. The van der Waals surface area contributed by atoms with Crippen molar-refractivity contribution in [1.29, 1.82) is 0 Å². The molecule has 1 amide bonds. The Bertz CT molecular complexity index is 649. The van der Waals surface area contributed by atoms with Gasteiger partial charge in [0, 0.05) is 6.54 Å². The molecule has 1 saturated heterocycles. The van der Waals surface area contributed by atoms with Gasteiger partial charge in [-0.15, -0.1) is 0 Å². The maximum atomic E-state index is 12.3. The molecule has 114 valence electrons. The van der Waals surface area contributed by atoms with Gasteiger partial charge in [-0.05, 0) is 49.7 Å². The highest BCUT2D eigenvalue weighted by molar-refractivity contribution is 5.94. The van der Waals surface area contributed by atoms with Gasteiger partial charge in [-0.3, -0.25) is 4.79 Å². The van der Waals surface area contributed by atoms with E-state index in [9.17, 15) is 4.79 Å². The number of amides is 1. The predicted molar refractivity (Wildman–Crippen MR) is 87.3 cm³/mol. The first-order chi connectivity index (χ1) is 10.7. The van der Waals surface area contributed by atoms with Crippen LogP contribution in [0.5, 0.6) is 11.5 Å². The summed E-state index contributed by atoms with van der Waals surface area (Å²) < 4.78 is 5.90. The molecule has 2 N–H and O–H groups in total. The summed E-state index contributed by atoms with van der Waals surface area (Å²) in [5, 5.41) is 6.22. The van der Waals surface area contributed by atoms with Crippen molar-refractivity contribution in [3.63, 3.8) is 0 Å². The zero-order chi connectivity index (χ0) is 15.4. The smallest absolute Gasteiger partial charge is 0.228 e. The van der Waals surface area contributed by atoms with E-state index in [2.05, 4.69) is 10.6 Å². The third-order valence-corrected chi connectivity index (χ3v) is 3.80. The Labute approximate surface area is 130 Å². The summed E-state index contributed by atoms with van der Waals surface area (Å²) in [4.78, 5) is 12.3. The highest BCUT2D eigenvalue weighted by Crippen LogP contribution is 2.31. The third-order valence-electron chi connectivity index (χ3n) is 3.80. The molecule has 4 nitrogen and oxygen atoms in total. The first-order valence-corrected chi connectivity index (χ1v) is 7.57. The van der Waals surface area contributed by atoms with Gasteiger partial charge in [0.15, 0.2) is 5.75 Å². The van der Waals surface area contributed by atoms with E-state index in [0.29, 0.717) is 5.75 Å². The quantitative estimate of drug-likeness (QED) is 0.910. The van der Waals surface area contributed by atoms with Crippen molar-refractivity contribution < 1.29 is 9.53 Å². The van der Waals surface area contributed by atoms with E-state index in [4.69, 9.17) is 4.74 Å². The average molecular weight is 296 g/mol. The van der Waals surface area contributed by atoms with Crippen molar-refractivity contribution in [3.8, 4) is 11.5 Å². The molecule has 4 heteroatoms. The molecule has 1 atom stereocenters. The zero-order valence-corrected chi connectivity index (χ0v) is 12.6. The summed E-state index contributed by atoms with van der Waals surface area (Å²) in [6.07, 6.45) is 0.881. The fourth-order valence-corrected chi connectivity index (χ4v) is 2.56. The predicted octanol–water partition coefficient (Wildman–Crippen LogP) is 3.34. The Morgan fingerprint density at radius 3 is 2.77 bits per heavy atom. The van der Waals surface area contributed by atoms with Gasteiger partial charge in [-0.25, -0.2) is 0 Å². The Kier molecular flexibility index (Phi) is 4.39. The lowest BCUT2D eigenvalue weighted by molar-refractivity contribution is -0.119. The Morgan fingerprint density at radius 1 is 1.23 bits per heavy atom. The fourth-order valence-electron chi connectivity index (χ4n) is 2.56. The van der Waals surface area contributed by atoms with Crippen LogP contribution in [-0.4, -0.2) is 19.0 Å². The molecule has 1 fully saturated rings. The number of nitrogens with one attached hydrogen (secondary N) is 2. The van der Waals surface area contributed by atoms with Gasteiger partial charge in [-0.1, -0.05) is 24.3 Å². The minimum Gasteiger partial charge on any atom is -0.455 e. The highest BCUT2D eigenvalue weighted by atomic mass is 16.5. The standard InChI is InChI=1S/C18H20N2O2/c1-13-7-8-17(22-15-5-3-2-4-6-15)16(11-13)20-18(21)14-9-10-19-12-14/h2-8,11,14,19H,9-10,12H2,1H3,(H,20,21). The van der Waals surface area contributed by atoms with E-state index in [1.54, 1.807) is 0 Å². The number of carbonyl (C=O) groups is 1. The average Bonchev–Trinajstić information content (AvgIpc) is 3.05. The molecule has 0 aromatic heterocycles. The molecule has 0 aliphatic carbocycles. The first-order valence-electron chi connectivity index (χ1n) is 7.57. The van der Waals surface area contributed by atoms with E-state index >= 15 is 0 Å². The number of ether oxygens (including phenoxy) is 1. The van der Waals surface area contributed by atoms with Crippen LogP contribution in [0, 0.1) is 12.8 Å². The molecule has 3 rings (SSSR count). The number of aryl methyl sites for hydroxylation is 1. The molecular formula is C18H20N2O2. The number of para-hydroxylation sites is 1. The topological polar surface area (TPSA) is 50.4 Å². The summed E-state index contributed by atoms with van der Waals surface area (Å²) in [5.74, 6) is 1.50. The van der Waals surface area contributed by atoms with E-state index in [1.807, 2.05) is 55.5 Å². The van der Waals surface area contributed by atoms with Gasteiger partial charge in [0.05, 0.1) is 11.6 Å². The van der Waals surface area contributed by atoms with Crippen molar-refractivity contribution >= 4 is 11.6 Å². The molecule has 1 heterocycles. The Hall–Kier alpha value is -2.33. The molecule has 0 radical (unpaired) electrons. The van der Waals surface area contributed by atoms with Crippen molar-refractivity contribution in [2.75, 3.05) is 18.4 Å². The van der Waals surface area contributed by atoms with Crippen molar-refractivity contribution in [2.45, 2.75) is 13.3 Å². The highest BCUT2D eigenvalue weighted by Gasteiger charge is 2.23. The third kappa shape index (κ3) is 3.46. The van der Waals surface area contributed by atoms with Crippen LogP contribution in [0.25, 0.3) is 0 Å². The van der Waals surface area contributed by atoms with E-state index < -0.39 is 0 Å². The zero-order valence-electron chi connectivity index (χ0n) is 12.6. The first kappa shape index (κ1) is 14.6. The van der Waals surface area contributed by atoms with Crippen molar-refractivity contribution in [2.24, 2.45) is 5.92 Å². The van der Waals surface area contributed by atoms with Crippen molar-refractivity contribution in [1.82, 2.24) is 5.32 Å². The van der Waals surface area contributed by atoms with Gasteiger partial charge in [0.25, 0.3) is 0 Å². The second-order valence-corrected chi connectivity index (χ2v) is 5.59. The number of carbonyl (C=O) groups excluding carboxylic acids is 1. The lowest BCUT2D eigenvalue weighted by Gasteiger charge is -2.15. The maximum absolute atomic E-state index is 12.3. The summed E-state index contributed by atoms with van der Waals surface area (Å²) in [7, 11) is 0. The number of hydrogen-bond donors (Lipinski definition) is 2. The minimum atomic E-state index is 0.0325. The monoisotopic (exact) mass is 296 g/mol. The largest absolute Gasteiger partial charge is 0.455 e. The van der Waals surface area contributed by atoms with Crippen LogP contribution in [-0.2, 0) is 4.79 Å². The van der Waals surface area contributed by atoms with Crippen LogP contribution < -0.4 is 15.4 Å². The summed E-state index contributed by atoms with van der Waals surface area (Å²) in [6.45, 7) is 3.64. The van der Waals surface area contributed by atoms with Gasteiger partial charge >= 0.3 is 0 Å². The van der Waals surface area contributed by atoms with Crippen molar-refractivity contribution in [3.05, 3.63) is 54.1 Å². The van der Waals surface area contributed by atoms with Crippen LogP contribution in [0.4, 0.5) is 5.69 Å². The number of anilines is 1. The van der Waals surface area contributed by atoms with Gasteiger partial charge in [0.1, 0.15) is 5.75 Å². The Balaban J connectivity index is 1.79. The summed E-state index contributed by atoms with van der Waals surface area (Å²) in [5.41, 5.74) is 1.81. The molecule has 2 aromatic carbocycles. The Morgan fingerprint density at radius 2 is 2.05 bits per heavy atom. The number of rotatable bonds is 4. The summed E-state index contributed by atoms with van der Waals surface area (Å²) in [6, 6.07) is 15.4. The van der Waals surface area contributed by atoms with Crippen LogP contribution in [0.15, 0.2) is 48.5 Å². The van der Waals surface area contributed by atoms with Crippen LogP contribution in [0.2, 0.25) is 0 Å². The summed E-state index contributed by atoms with van der Waals surface area (Å²) >= 11 is 0. The van der Waals surface area contributed by atoms with Gasteiger partial charge in [-0.2, -0.15) is 0 Å². The number of hydrogen-bond acceptors (Lipinski definition) is 3. The molecule has 0 spiro atoms. The van der Waals surface area contributed by atoms with Crippen LogP contribution in [0.3, 0.4) is 0 Å². The molecule has 2 aromatic rings. The lowest BCUT2D eigenvalue weighted by atomic mass is 10.1. The maximum Gasteiger partial charge on any atom is 0.228 e. The molecule has 1 unspecified atom stereocenters. The van der Waals surface area contributed by atoms with Gasteiger partial charge < -0.3 is 15.4 Å². The van der Waals surface area contributed by atoms with E-state index in [1.165, 1.54) is 0 Å². The SMILES string of the molecule is Cc1ccc(Oc2ccccc2)c(NC(=O)C2CCNC2)c1. The fraction of sp³-hybridized carbons (Fsp3) is 0.278. The molecule has 1 aliphatic heterocycles. The van der Waals surface area contributed by atoms with Crippen LogP contribution in [0.1, 0.15) is 12.0 Å². The number of benzene rings is 2.